The number of hydrogen-bond donors (Lipinski definition) is 3. The van der Waals surface area contributed by atoms with Crippen LogP contribution in [0.2, 0.25) is 0 Å². The SMILES string of the molecule is CC(C)CC(CN)NC(=O)C1CCCN(C(=O)NC2CCCC2)C1. The number of urea groups is 1. The van der Waals surface area contributed by atoms with Gasteiger partial charge in [0.15, 0.2) is 0 Å². The molecule has 2 aliphatic rings. The van der Waals surface area contributed by atoms with Crippen molar-refractivity contribution in [2.75, 3.05) is 19.6 Å². The van der Waals surface area contributed by atoms with Gasteiger partial charge in [0, 0.05) is 31.7 Å². The Balaban J connectivity index is 1.82. The Bertz CT molecular complexity index is 421. The number of carbonyl (C=O) groups is 2. The maximum atomic E-state index is 12.5. The van der Waals surface area contributed by atoms with E-state index in [0.29, 0.717) is 25.0 Å². The van der Waals surface area contributed by atoms with E-state index >= 15 is 0 Å². The molecule has 2 atom stereocenters. The van der Waals surface area contributed by atoms with Crippen LogP contribution in [0.1, 0.15) is 58.8 Å². The first-order valence-electron chi connectivity index (χ1n) is 9.55. The van der Waals surface area contributed by atoms with Crippen LogP contribution in [0.4, 0.5) is 4.79 Å². The largest absolute Gasteiger partial charge is 0.352 e. The zero-order chi connectivity index (χ0) is 17.5. The third-order valence-electron chi connectivity index (χ3n) is 5.15. The number of piperidine rings is 1. The predicted molar refractivity (Wildman–Crippen MR) is 95.5 cm³/mol. The summed E-state index contributed by atoms with van der Waals surface area (Å²) in [7, 11) is 0. The molecular formula is C18H34N4O2. The van der Waals surface area contributed by atoms with Crippen molar-refractivity contribution in [2.24, 2.45) is 17.6 Å². The van der Waals surface area contributed by atoms with Gasteiger partial charge in [-0.3, -0.25) is 4.79 Å². The fourth-order valence-electron chi connectivity index (χ4n) is 3.81. The zero-order valence-electron chi connectivity index (χ0n) is 15.2. The molecule has 3 amide bonds. The van der Waals surface area contributed by atoms with Crippen LogP contribution in [0.15, 0.2) is 0 Å². The number of nitrogens with zero attached hydrogens (tertiary/aromatic N) is 1. The first-order valence-corrected chi connectivity index (χ1v) is 9.55. The van der Waals surface area contributed by atoms with Gasteiger partial charge >= 0.3 is 6.03 Å². The Kier molecular flexibility index (Phi) is 7.34. The molecule has 24 heavy (non-hydrogen) atoms. The minimum Gasteiger partial charge on any atom is -0.352 e. The van der Waals surface area contributed by atoms with Crippen LogP contribution in [-0.4, -0.2) is 48.6 Å². The summed E-state index contributed by atoms with van der Waals surface area (Å²) >= 11 is 0. The highest BCUT2D eigenvalue weighted by Gasteiger charge is 2.30. The fourth-order valence-corrected chi connectivity index (χ4v) is 3.81. The van der Waals surface area contributed by atoms with Crippen molar-refractivity contribution < 1.29 is 9.59 Å². The summed E-state index contributed by atoms with van der Waals surface area (Å²) in [5.41, 5.74) is 5.78. The van der Waals surface area contributed by atoms with E-state index in [2.05, 4.69) is 24.5 Å². The number of nitrogens with one attached hydrogen (secondary N) is 2. The first kappa shape index (κ1) is 19.0. The topological polar surface area (TPSA) is 87.5 Å². The second-order valence-electron chi connectivity index (χ2n) is 7.79. The summed E-state index contributed by atoms with van der Waals surface area (Å²) in [5.74, 6) is 0.428. The molecule has 2 unspecified atom stereocenters. The molecule has 1 saturated heterocycles. The number of carbonyl (C=O) groups excluding carboxylic acids is 2. The van der Waals surface area contributed by atoms with Crippen LogP contribution in [0.5, 0.6) is 0 Å². The minimum absolute atomic E-state index is 0.00282. The molecule has 0 radical (unpaired) electrons. The number of rotatable bonds is 6. The second kappa shape index (κ2) is 9.25. The van der Waals surface area contributed by atoms with Crippen molar-refractivity contribution in [1.29, 1.82) is 0 Å². The molecule has 1 aliphatic heterocycles. The van der Waals surface area contributed by atoms with Crippen LogP contribution in [0, 0.1) is 11.8 Å². The van der Waals surface area contributed by atoms with Crippen LogP contribution in [-0.2, 0) is 4.79 Å². The average Bonchev–Trinajstić information content (AvgIpc) is 3.06. The summed E-state index contributed by atoms with van der Waals surface area (Å²) < 4.78 is 0. The Morgan fingerprint density at radius 2 is 1.88 bits per heavy atom. The molecule has 1 saturated carbocycles. The quantitative estimate of drug-likeness (QED) is 0.690. The van der Waals surface area contributed by atoms with Gasteiger partial charge in [-0.25, -0.2) is 4.79 Å². The van der Waals surface area contributed by atoms with Gasteiger partial charge < -0.3 is 21.3 Å². The van der Waals surface area contributed by atoms with Gasteiger partial charge in [-0.15, -0.1) is 0 Å². The highest BCUT2D eigenvalue weighted by atomic mass is 16.2. The van der Waals surface area contributed by atoms with Crippen LogP contribution < -0.4 is 16.4 Å². The Morgan fingerprint density at radius 1 is 1.17 bits per heavy atom. The van der Waals surface area contributed by atoms with Crippen LogP contribution >= 0.6 is 0 Å². The van der Waals surface area contributed by atoms with Gasteiger partial charge in [0.1, 0.15) is 0 Å². The summed E-state index contributed by atoms with van der Waals surface area (Å²) in [6.45, 7) is 5.98. The van der Waals surface area contributed by atoms with E-state index in [1.54, 1.807) is 0 Å². The molecule has 0 bridgehead atoms. The summed E-state index contributed by atoms with van der Waals surface area (Å²) in [6, 6.07) is 0.344. The normalized spacial score (nSPS) is 23.3. The molecule has 4 N–H and O–H groups in total. The molecule has 0 aromatic rings. The molecule has 1 heterocycles. The fraction of sp³-hybridized carbons (Fsp3) is 0.889. The van der Waals surface area contributed by atoms with Gasteiger partial charge in [0.05, 0.1) is 5.92 Å². The van der Waals surface area contributed by atoms with E-state index in [4.69, 9.17) is 5.73 Å². The molecule has 0 spiro atoms. The third-order valence-corrected chi connectivity index (χ3v) is 5.15. The summed E-state index contributed by atoms with van der Waals surface area (Å²) in [6.07, 6.45) is 7.18. The standard InChI is InChI=1S/C18H34N4O2/c1-13(2)10-16(11-19)20-17(23)14-6-5-9-22(12-14)18(24)21-15-7-3-4-8-15/h13-16H,3-12,19H2,1-2H3,(H,20,23)(H,21,24). The van der Waals surface area contributed by atoms with Crippen molar-refractivity contribution in [3.63, 3.8) is 0 Å². The molecule has 0 aromatic heterocycles. The first-order chi connectivity index (χ1) is 11.5. The molecule has 138 valence electrons. The smallest absolute Gasteiger partial charge is 0.317 e. The Labute approximate surface area is 145 Å². The second-order valence-corrected chi connectivity index (χ2v) is 7.79. The zero-order valence-corrected chi connectivity index (χ0v) is 15.2. The summed E-state index contributed by atoms with van der Waals surface area (Å²) in [5, 5.41) is 6.20. The predicted octanol–water partition coefficient (Wildman–Crippen LogP) is 1.84. The van der Waals surface area contributed by atoms with Gasteiger partial charge in [-0.1, -0.05) is 26.7 Å². The van der Waals surface area contributed by atoms with Gasteiger partial charge in [-0.05, 0) is 38.0 Å². The van der Waals surface area contributed by atoms with E-state index in [0.717, 1.165) is 38.6 Å². The molecular weight excluding hydrogens is 304 g/mol. The van der Waals surface area contributed by atoms with E-state index in [1.807, 2.05) is 4.90 Å². The highest BCUT2D eigenvalue weighted by molar-refractivity contribution is 5.81. The lowest BCUT2D eigenvalue weighted by molar-refractivity contribution is -0.127. The van der Waals surface area contributed by atoms with Crippen molar-refractivity contribution in [3.8, 4) is 0 Å². The monoisotopic (exact) mass is 338 g/mol. The van der Waals surface area contributed by atoms with Crippen molar-refractivity contribution >= 4 is 11.9 Å². The van der Waals surface area contributed by atoms with E-state index in [9.17, 15) is 9.59 Å². The minimum atomic E-state index is -0.116. The maximum absolute atomic E-state index is 12.5. The maximum Gasteiger partial charge on any atom is 0.317 e. The van der Waals surface area contributed by atoms with E-state index in [1.165, 1.54) is 12.8 Å². The average molecular weight is 338 g/mol. The van der Waals surface area contributed by atoms with Gasteiger partial charge in [0.25, 0.3) is 0 Å². The lowest BCUT2D eigenvalue weighted by atomic mass is 9.96. The summed E-state index contributed by atoms with van der Waals surface area (Å²) in [4.78, 5) is 26.8. The molecule has 6 nitrogen and oxygen atoms in total. The lowest BCUT2D eigenvalue weighted by Gasteiger charge is -2.33. The molecule has 1 aliphatic carbocycles. The Hall–Kier alpha value is -1.30. The molecule has 0 aromatic carbocycles. The van der Waals surface area contributed by atoms with E-state index in [-0.39, 0.29) is 23.9 Å². The van der Waals surface area contributed by atoms with Gasteiger partial charge in [0.2, 0.25) is 5.91 Å². The molecule has 2 fully saturated rings. The van der Waals surface area contributed by atoms with Crippen molar-refractivity contribution in [3.05, 3.63) is 0 Å². The van der Waals surface area contributed by atoms with Crippen molar-refractivity contribution in [2.45, 2.75) is 70.9 Å². The lowest BCUT2D eigenvalue weighted by Crippen LogP contribution is -2.52. The number of amides is 3. The Morgan fingerprint density at radius 3 is 2.50 bits per heavy atom. The number of likely N-dealkylation sites (tertiary alicyclic amines) is 1. The van der Waals surface area contributed by atoms with Crippen molar-refractivity contribution in [1.82, 2.24) is 15.5 Å². The number of hydrogen-bond acceptors (Lipinski definition) is 3. The third kappa shape index (κ3) is 5.65. The van der Waals surface area contributed by atoms with Crippen LogP contribution in [0.3, 0.4) is 0 Å². The van der Waals surface area contributed by atoms with Crippen LogP contribution in [0.25, 0.3) is 0 Å². The van der Waals surface area contributed by atoms with Gasteiger partial charge in [-0.2, -0.15) is 0 Å². The number of nitrogens with two attached hydrogens (primary N) is 1. The molecule has 6 heteroatoms. The highest BCUT2D eigenvalue weighted by Crippen LogP contribution is 2.20. The molecule has 2 rings (SSSR count). The van der Waals surface area contributed by atoms with E-state index < -0.39 is 0 Å².